The lowest BCUT2D eigenvalue weighted by Gasteiger charge is -2.18. The first-order chi connectivity index (χ1) is 9.17. The minimum Gasteiger partial charge on any atom is -0.472 e. The first-order valence-corrected chi connectivity index (χ1v) is 6.99. The molecule has 1 N–H and O–H groups in total. The first kappa shape index (κ1) is 13.9. The molecule has 1 aromatic heterocycles. The smallest absolute Gasteiger partial charge is 0.0935 e. The van der Waals surface area contributed by atoms with Crippen LogP contribution in [0.2, 0.25) is 0 Å². The summed E-state index contributed by atoms with van der Waals surface area (Å²) >= 11 is 0. The molecule has 0 aliphatic heterocycles. The van der Waals surface area contributed by atoms with Crippen LogP contribution in [0.5, 0.6) is 0 Å². The fourth-order valence-corrected chi connectivity index (χ4v) is 2.67. The molecular formula is C17H23NO. The molecule has 19 heavy (non-hydrogen) atoms. The number of hydrogen-bond donors (Lipinski definition) is 1. The lowest BCUT2D eigenvalue weighted by molar-refractivity contribution is 0.513. The van der Waals surface area contributed by atoms with Gasteiger partial charge in [0.2, 0.25) is 0 Å². The molecule has 1 unspecified atom stereocenters. The third-order valence-electron chi connectivity index (χ3n) is 3.32. The Morgan fingerprint density at radius 2 is 1.74 bits per heavy atom. The van der Waals surface area contributed by atoms with Gasteiger partial charge in [-0.3, -0.25) is 0 Å². The molecule has 2 aromatic rings. The summed E-state index contributed by atoms with van der Waals surface area (Å²) in [5, 5.41) is 3.57. The molecule has 102 valence electrons. The van der Waals surface area contributed by atoms with E-state index in [2.05, 4.69) is 44.3 Å². The summed E-state index contributed by atoms with van der Waals surface area (Å²) in [5.74, 6) is 0. The summed E-state index contributed by atoms with van der Waals surface area (Å²) in [7, 11) is 0. The summed E-state index contributed by atoms with van der Waals surface area (Å²) in [4.78, 5) is 0. The van der Waals surface area contributed by atoms with Crippen molar-refractivity contribution in [3.8, 4) is 0 Å². The van der Waals surface area contributed by atoms with Crippen LogP contribution in [0.1, 0.15) is 29.2 Å². The molecule has 0 spiro atoms. The van der Waals surface area contributed by atoms with Crippen LogP contribution in [0.15, 0.2) is 41.2 Å². The van der Waals surface area contributed by atoms with E-state index >= 15 is 0 Å². The minimum absolute atomic E-state index is 0.462. The van der Waals surface area contributed by atoms with Gasteiger partial charge in [0.05, 0.1) is 12.5 Å². The molecule has 0 aliphatic rings. The Bertz CT molecular complexity index is 482. The number of aryl methyl sites for hydroxylation is 2. The Kier molecular flexibility index (Phi) is 4.80. The number of likely N-dealkylation sites (N-methyl/N-ethyl adjacent to an activating group) is 1. The van der Waals surface area contributed by atoms with Crippen molar-refractivity contribution in [1.29, 1.82) is 0 Å². The van der Waals surface area contributed by atoms with Crippen molar-refractivity contribution in [2.45, 2.75) is 39.7 Å². The van der Waals surface area contributed by atoms with E-state index in [4.69, 9.17) is 4.42 Å². The van der Waals surface area contributed by atoms with E-state index in [0.29, 0.717) is 6.04 Å². The van der Waals surface area contributed by atoms with Crippen LogP contribution < -0.4 is 5.32 Å². The molecule has 0 saturated carbocycles. The number of furan rings is 1. The van der Waals surface area contributed by atoms with Gasteiger partial charge in [-0.25, -0.2) is 0 Å². The number of nitrogens with one attached hydrogen (secondary N) is 1. The molecule has 2 heteroatoms. The van der Waals surface area contributed by atoms with Crippen LogP contribution in [0.4, 0.5) is 0 Å². The monoisotopic (exact) mass is 257 g/mol. The Morgan fingerprint density at radius 3 is 2.32 bits per heavy atom. The first-order valence-electron chi connectivity index (χ1n) is 6.99. The van der Waals surface area contributed by atoms with Gasteiger partial charge in [-0.2, -0.15) is 0 Å². The number of benzene rings is 1. The third kappa shape index (κ3) is 4.25. The SMILES string of the molecule is CCNC(Cc1ccoc1)Cc1cc(C)cc(C)c1. The molecule has 0 saturated heterocycles. The largest absolute Gasteiger partial charge is 0.472 e. The Morgan fingerprint density at radius 1 is 1.05 bits per heavy atom. The zero-order valence-corrected chi connectivity index (χ0v) is 12.1. The molecular weight excluding hydrogens is 234 g/mol. The van der Waals surface area contributed by atoms with Crippen molar-refractivity contribution >= 4 is 0 Å². The fraction of sp³-hybridized carbons (Fsp3) is 0.412. The fourth-order valence-electron chi connectivity index (χ4n) is 2.67. The van der Waals surface area contributed by atoms with E-state index in [1.54, 1.807) is 6.26 Å². The van der Waals surface area contributed by atoms with Gasteiger partial charge >= 0.3 is 0 Å². The minimum atomic E-state index is 0.462. The number of rotatable bonds is 6. The summed E-state index contributed by atoms with van der Waals surface area (Å²) in [5.41, 5.74) is 5.35. The van der Waals surface area contributed by atoms with Crippen molar-refractivity contribution in [3.63, 3.8) is 0 Å². The molecule has 2 nitrogen and oxygen atoms in total. The summed E-state index contributed by atoms with van der Waals surface area (Å²) in [6.07, 6.45) is 5.65. The van der Waals surface area contributed by atoms with Gasteiger partial charge in [0, 0.05) is 6.04 Å². The van der Waals surface area contributed by atoms with Gasteiger partial charge in [0.25, 0.3) is 0 Å². The van der Waals surface area contributed by atoms with Crippen LogP contribution >= 0.6 is 0 Å². The van der Waals surface area contributed by atoms with Crippen molar-refractivity contribution in [2.75, 3.05) is 6.54 Å². The highest BCUT2D eigenvalue weighted by atomic mass is 16.3. The number of hydrogen-bond acceptors (Lipinski definition) is 2. The van der Waals surface area contributed by atoms with E-state index in [-0.39, 0.29) is 0 Å². The van der Waals surface area contributed by atoms with E-state index < -0.39 is 0 Å². The van der Waals surface area contributed by atoms with Crippen LogP contribution in [0.25, 0.3) is 0 Å². The maximum Gasteiger partial charge on any atom is 0.0935 e. The van der Waals surface area contributed by atoms with Gasteiger partial charge in [-0.15, -0.1) is 0 Å². The molecule has 1 aromatic carbocycles. The van der Waals surface area contributed by atoms with Crippen molar-refractivity contribution in [3.05, 3.63) is 59.0 Å². The summed E-state index contributed by atoms with van der Waals surface area (Å²) in [6, 6.07) is 9.30. The van der Waals surface area contributed by atoms with E-state index in [9.17, 15) is 0 Å². The molecule has 0 aliphatic carbocycles. The van der Waals surface area contributed by atoms with Gasteiger partial charge in [0.15, 0.2) is 0 Å². The van der Waals surface area contributed by atoms with E-state index in [0.717, 1.165) is 19.4 Å². The van der Waals surface area contributed by atoms with E-state index in [1.807, 2.05) is 12.3 Å². The molecule has 0 fully saturated rings. The zero-order valence-electron chi connectivity index (χ0n) is 12.1. The Hall–Kier alpha value is -1.54. The van der Waals surface area contributed by atoms with Crippen LogP contribution in [-0.2, 0) is 12.8 Å². The third-order valence-corrected chi connectivity index (χ3v) is 3.32. The average molecular weight is 257 g/mol. The summed E-state index contributed by atoms with van der Waals surface area (Å²) < 4.78 is 5.15. The van der Waals surface area contributed by atoms with Crippen LogP contribution in [0, 0.1) is 13.8 Å². The molecule has 1 heterocycles. The van der Waals surface area contributed by atoms with Gasteiger partial charge < -0.3 is 9.73 Å². The Balaban J connectivity index is 2.07. The lowest BCUT2D eigenvalue weighted by atomic mass is 9.97. The maximum absolute atomic E-state index is 5.15. The Labute approximate surface area is 115 Å². The van der Waals surface area contributed by atoms with E-state index in [1.165, 1.54) is 22.3 Å². The van der Waals surface area contributed by atoms with Crippen LogP contribution in [-0.4, -0.2) is 12.6 Å². The molecule has 0 radical (unpaired) electrons. The lowest BCUT2D eigenvalue weighted by Crippen LogP contribution is -2.33. The highest BCUT2D eigenvalue weighted by Crippen LogP contribution is 2.13. The molecule has 1 atom stereocenters. The molecule has 0 bridgehead atoms. The highest BCUT2D eigenvalue weighted by Gasteiger charge is 2.10. The van der Waals surface area contributed by atoms with Gasteiger partial charge in [-0.05, 0) is 50.4 Å². The summed E-state index contributed by atoms with van der Waals surface area (Å²) in [6.45, 7) is 7.47. The quantitative estimate of drug-likeness (QED) is 0.854. The zero-order chi connectivity index (χ0) is 13.7. The van der Waals surface area contributed by atoms with Crippen molar-refractivity contribution < 1.29 is 4.42 Å². The topological polar surface area (TPSA) is 25.2 Å². The van der Waals surface area contributed by atoms with Crippen molar-refractivity contribution in [1.82, 2.24) is 5.32 Å². The van der Waals surface area contributed by atoms with Gasteiger partial charge in [0.1, 0.15) is 0 Å². The predicted molar refractivity (Wildman–Crippen MR) is 79.5 cm³/mol. The molecule has 0 amide bonds. The second-order valence-electron chi connectivity index (χ2n) is 5.29. The second-order valence-corrected chi connectivity index (χ2v) is 5.29. The second kappa shape index (κ2) is 6.58. The predicted octanol–water partition coefficient (Wildman–Crippen LogP) is 3.66. The molecule has 2 rings (SSSR count). The highest BCUT2D eigenvalue weighted by molar-refractivity contribution is 5.29. The normalized spacial score (nSPS) is 12.6. The van der Waals surface area contributed by atoms with Crippen molar-refractivity contribution in [2.24, 2.45) is 0 Å². The van der Waals surface area contributed by atoms with Gasteiger partial charge in [-0.1, -0.05) is 36.2 Å². The van der Waals surface area contributed by atoms with Crippen LogP contribution in [0.3, 0.4) is 0 Å². The standard InChI is InChI=1S/C17H23NO/c1-4-18-17(10-15-5-6-19-12-15)11-16-8-13(2)7-14(3)9-16/h5-9,12,17-18H,4,10-11H2,1-3H3. The maximum atomic E-state index is 5.15. The average Bonchev–Trinajstić information content (AvgIpc) is 2.80.